The molecule has 36 heavy (non-hydrogen) atoms. The molecule has 2 amide bonds. The van der Waals surface area contributed by atoms with Gasteiger partial charge in [0.2, 0.25) is 0 Å². The Hall–Kier alpha value is -2.00. The van der Waals surface area contributed by atoms with E-state index in [9.17, 15) is 4.79 Å². The summed E-state index contributed by atoms with van der Waals surface area (Å²) in [5.41, 5.74) is 4.42. The zero-order valence-corrected chi connectivity index (χ0v) is 23.5. The van der Waals surface area contributed by atoms with Gasteiger partial charge in [0.05, 0.1) is 0 Å². The van der Waals surface area contributed by atoms with E-state index in [-0.39, 0.29) is 12.1 Å². The van der Waals surface area contributed by atoms with Crippen LogP contribution in [0.25, 0.3) is 0 Å². The topological polar surface area (TPSA) is 32.3 Å². The second kappa shape index (κ2) is 12.5. The zero-order chi connectivity index (χ0) is 25.7. The highest BCUT2D eigenvalue weighted by atomic mass is 35.5. The number of para-hydroxylation sites is 1. The minimum absolute atomic E-state index is 0.00559. The van der Waals surface area contributed by atoms with Gasteiger partial charge < -0.3 is 10.2 Å². The molecule has 2 aromatic carbocycles. The summed E-state index contributed by atoms with van der Waals surface area (Å²) in [7, 11) is 0. The second-order valence-electron chi connectivity index (χ2n) is 11.7. The van der Waals surface area contributed by atoms with Crippen LogP contribution in [0.4, 0.5) is 10.5 Å². The second-order valence-corrected chi connectivity index (χ2v) is 12.1. The van der Waals surface area contributed by atoms with Crippen molar-refractivity contribution in [3.8, 4) is 0 Å². The number of anilines is 1. The summed E-state index contributed by atoms with van der Waals surface area (Å²) < 4.78 is 0. The van der Waals surface area contributed by atoms with Crippen LogP contribution in [0, 0.1) is 11.8 Å². The largest absolute Gasteiger partial charge is 0.322 e. The lowest BCUT2D eigenvalue weighted by molar-refractivity contribution is 0.120. The first-order valence-electron chi connectivity index (χ1n) is 14.3. The number of halogens is 1. The van der Waals surface area contributed by atoms with Gasteiger partial charge in [0.25, 0.3) is 0 Å². The number of nitrogens with zero attached hydrogens (tertiary/aromatic N) is 1. The predicted octanol–water partition coefficient (Wildman–Crippen LogP) is 9.76. The summed E-state index contributed by atoms with van der Waals surface area (Å²) in [4.78, 5) is 16.1. The number of carbonyl (C=O) groups excluding carboxylic acids is 1. The van der Waals surface area contributed by atoms with E-state index < -0.39 is 0 Å². The van der Waals surface area contributed by atoms with E-state index in [1.165, 1.54) is 56.1 Å². The molecule has 2 fully saturated rings. The maximum Gasteiger partial charge on any atom is 0.322 e. The highest BCUT2D eigenvalue weighted by Crippen LogP contribution is 2.40. The van der Waals surface area contributed by atoms with Crippen molar-refractivity contribution >= 4 is 23.3 Å². The normalized spacial score (nSPS) is 21.1. The Balaban J connectivity index is 1.57. The fourth-order valence-corrected chi connectivity index (χ4v) is 6.74. The fraction of sp³-hybridized carbons (Fsp3) is 0.594. The Morgan fingerprint density at radius 3 is 2.00 bits per heavy atom. The van der Waals surface area contributed by atoms with Gasteiger partial charge in [-0.1, -0.05) is 108 Å². The molecule has 0 radical (unpaired) electrons. The molecule has 0 aromatic heterocycles. The molecular formula is C32H45ClN2O. The minimum Gasteiger partial charge on any atom is -0.317 e. The first kappa shape index (κ1) is 27.0. The molecule has 2 aliphatic rings. The van der Waals surface area contributed by atoms with Gasteiger partial charge in [-0.05, 0) is 72.1 Å². The predicted molar refractivity (Wildman–Crippen MR) is 153 cm³/mol. The van der Waals surface area contributed by atoms with Crippen LogP contribution in [0.15, 0.2) is 42.5 Å². The third-order valence-electron chi connectivity index (χ3n) is 8.66. The van der Waals surface area contributed by atoms with E-state index >= 15 is 0 Å². The van der Waals surface area contributed by atoms with E-state index in [0.717, 1.165) is 41.0 Å². The van der Waals surface area contributed by atoms with E-state index in [1.807, 2.05) is 18.2 Å². The summed E-state index contributed by atoms with van der Waals surface area (Å²) >= 11 is 6.57. The average Bonchev–Trinajstić information content (AvgIpc) is 2.88. The lowest BCUT2D eigenvalue weighted by atomic mass is 9.72. The van der Waals surface area contributed by atoms with Gasteiger partial charge in [-0.2, -0.15) is 0 Å². The van der Waals surface area contributed by atoms with Crippen LogP contribution < -0.4 is 5.32 Å². The first-order valence-corrected chi connectivity index (χ1v) is 14.7. The molecule has 0 heterocycles. The molecule has 4 rings (SSSR count). The van der Waals surface area contributed by atoms with Gasteiger partial charge in [0.15, 0.2) is 0 Å². The van der Waals surface area contributed by atoms with E-state index in [0.29, 0.717) is 18.4 Å². The van der Waals surface area contributed by atoms with Crippen LogP contribution in [0.2, 0.25) is 5.02 Å². The van der Waals surface area contributed by atoms with E-state index in [1.54, 1.807) is 0 Å². The van der Waals surface area contributed by atoms with Crippen LogP contribution in [0.1, 0.15) is 114 Å². The van der Waals surface area contributed by atoms with E-state index in [2.05, 4.69) is 62.2 Å². The van der Waals surface area contributed by atoms with Crippen LogP contribution in [0.3, 0.4) is 0 Å². The fourth-order valence-electron chi connectivity index (χ4n) is 6.54. The van der Waals surface area contributed by atoms with Crippen molar-refractivity contribution in [1.29, 1.82) is 0 Å². The molecule has 0 atom stereocenters. The van der Waals surface area contributed by atoms with Crippen molar-refractivity contribution < 1.29 is 4.79 Å². The van der Waals surface area contributed by atoms with Crippen molar-refractivity contribution in [2.24, 2.45) is 11.8 Å². The number of carbonyl (C=O) groups is 1. The number of nitrogens with one attached hydrogen (secondary N) is 1. The van der Waals surface area contributed by atoms with Gasteiger partial charge in [0.1, 0.15) is 0 Å². The number of urea groups is 1. The van der Waals surface area contributed by atoms with Crippen LogP contribution in [-0.4, -0.2) is 17.0 Å². The molecule has 2 aromatic rings. The number of hydrogen-bond acceptors (Lipinski definition) is 1. The molecular weight excluding hydrogens is 464 g/mol. The summed E-state index contributed by atoms with van der Waals surface area (Å²) in [5, 5.41) is 4.13. The highest BCUT2D eigenvalue weighted by molar-refractivity contribution is 6.31. The quantitative estimate of drug-likeness (QED) is 0.396. The molecule has 0 bridgehead atoms. The molecule has 4 heteroatoms. The van der Waals surface area contributed by atoms with Gasteiger partial charge >= 0.3 is 6.03 Å². The smallest absolute Gasteiger partial charge is 0.317 e. The van der Waals surface area contributed by atoms with Crippen molar-refractivity contribution in [1.82, 2.24) is 4.90 Å². The molecule has 196 valence electrons. The van der Waals surface area contributed by atoms with Crippen LogP contribution in [-0.2, 0) is 6.54 Å². The van der Waals surface area contributed by atoms with Gasteiger partial charge in [0, 0.05) is 23.3 Å². The standard InChI is InChI=1S/C32H45ClN2O/c1-22(2)28-14-10-15-29(23(3)4)31(28)34-32(36)35(21-26-13-8-9-16-30(26)33)27-19-17-25(18-20-27)24-11-6-5-7-12-24/h8-10,13-16,22-25,27H,5-7,11-12,17-21H2,1-4H3,(H,34,36)/t25-,27+. The monoisotopic (exact) mass is 508 g/mol. The van der Waals surface area contributed by atoms with Gasteiger partial charge in [-0.25, -0.2) is 4.79 Å². The summed E-state index contributed by atoms with van der Waals surface area (Å²) in [6.45, 7) is 9.34. The van der Waals surface area contributed by atoms with Crippen molar-refractivity contribution in [2.45, 2.75) is 110 Å². The lowest BCUT2D eigenvalue weighted by Gasteiger charge is -2.40. The van der Waals surface area contributed by atoms with Crippen LogP contribution >= 0.6 is 11.6 Å². The number of amides is 2. The van der Waals surface area contributed by atoms with E-state index in [4.69, 9.17) is 11.6 Å². The number of benzene rings is 2. The van der Waals surface area contributed by atoms with Crippen molar-refractivity contribution in [3.05, 3.63) is 64.2 Å². The van der Waals surface area contributed by atoms with Crippen molar-refractivity contribution in [2.75, 3.05) is 5.32 Å². The van der Waals surface area contributed by atoms with Crippen molar-refractivity contribution in [3.63, 3.8) is 0 Å². The molecule has 2 saturated carbocycles. The average molecular weight is 509 g/mol. The minimum atomic E-state index is 0.00559. The molecule has 2 aliphatic carbocycles. The Labute approximate surface area is 224 Å². The SMILES string of the molecule is CC(C)c1cccc(C(C)C)c1NC(=O)N(Cc1ccccc1Cl)[C@H]1CC[C@@H](C2CCCCC2)CC1. The lowest BCUT2D eigenvalue weighted by Crippen LogP contribution is -2.45. The summed E-state index contributed by atoms with van der Waals surface area (Å²) in [6.07, 6.45) is 11.7. The third-order valence-corrected chi connectivity index (χ3v) is 9.03. The Morgan fingerprint density at radius 2 is 1.42 bits per heavy atom. The van der Waals surface area contributed by atoms with Crippen LogP contribution in [0.5, 0.6) is 0 Å². The third kappa shape index (κ3) is 6.46. The Bertz CT molecular complexity index is 977. The molecule has 0 unspecified atom stereocenters. The van der Waals surface area contributed by atoms with Gasteiger partial charge in [-0.3, -0.25) is 0 Å². The maximum atomic E-state index is 14.0. The highest BCUT2D eigenvalue weighted by Gasteiger charge is 2.33. The summed E-state index contributed by atoms with van der Waals surface area (Å²) in [6, 6.07) is 14.6. The molecule has 3 nitrogen and oxygen atoms in total. The number of rotatable bonds is 7. The Kier molecular flexibility index (Phi) is 9.39. The molecule has 1 N–H and O–H groups in total. The molecule has 0 aliphatic heterocycles. The number of hydrogen-bond donors (Lipinski definition) is 1. The first-order chi connectivity index (χ1) is 17.3. The van der Waals surface area contributed by atoms with Gasteiger partial charge in [-0.15, -0.1) is 0 Å². The summed E-state index contributed by atoms with van der Waals surface area (Å²) in [5.74, 6) is 2.40. The molecule has 0 saturated heterocycles. The maximum absolute atomic E-state index is 14.0. The molecule has 0 spiro atoms. The Morgan fingerprint density at radius 1 is 0.833 bits per heavy atom. The zero-order valence-electron chi connectivity index (χ0n) is 22.7.